The first-order valence-electron chi connectivity index (χ1n) is 18.8. The van der Waals surface area contributed by atoms with Gasteiger partial charge in [-0.25, -0.2) is 4.98 Å². The molecule has 5 nitrogen and oxygen atoms in total. The van der Waals surface area contributed by atoms with Crippen LogP contribution in [0.3, 0.4) is 0 Å². The van der Waals surface area contributed by atoms with Crippen LogP contribution >= 0.6 is 0 Å². The summed E-state index contributed by atoms with van der Waals surface area (Å²) in [7, 11) is 0. The Bertz CT molecular complexity index is 3220. The number of aromatic nitrogens is 4. The van der Waals surface area contributed by atoms with E-state index in [1.807, 2.05) is 42.5 Å². The van der Waals surface area contributed by atoms with Crippen LogP contribution in [-0.4, -0.2) is 19.5 Å². The number of rotatable bonds is 6. The van der Waals surface area contributed by atoms with Gasteiger partial charge in [0.2, 0.25) is 5.95 Å². The minimum absolute atomic E-state index is 0.557. The van der Waals surface area contributed by atoms with Crippen molar-refractivity contribution in [3.63, 3.8) is 0 Å². The van der Waals surface area contributed by atoms with Crippen molar-refractivity contribution >= 4 is 43.7 Å². The van der Waals surface area contributed by atoms with Crippen LogP contribution in [0.4, 0.5) is 0 Å². The van der Waals surface area contributed by atoms with E-state index in [2.05, 4.69) is 156 Å². The molecule has 0 saturated heterocycles. The normalized spacial score (nSPS) is 11.6. The maximum absolute atomic E-state index is 6.37. The van der Waals surface area contributed by atoms with Gasteiger partial charge < -0.3 is 4.42 Å². The third-order valence-electron chi connectivity index (χ3n) is 10.7. The predicted octanol–water partition coefficient (Wildman–Crippen LogP) is 13.2. The van der Waals surface area contributed by atoms with Crippen molar-refractivity contribution in [1.82, 2.24) is 19.5 Å². The number of hydrogen-bond acceptors (Lipinski definition) is 4. The van der Waals surface area contributed by atoms with Gasteiger partial charge >= 0.3 is 0 Å². The molecule has 0 N–H and O–H groups in total. The molecule has 3 aromatic heterocycles. The number of fused-ring (bicyclic) bond motifs is 6. The first kappa shape index (κ1) is 31.9. The SMILES string of the molecule is c1ccc(-c2ccc(-c3nc(-c4ccccc4)nc(-n4c5ccccc5c5cccc(-c6ccc7oc8ccc(-c9ccccc9)cc8c7c6)c54)n3)cc2)cc1. The molecule has 0 spiro atoms. The van der Waals surface area contributed by atoms with E-state index >= 15 is 0 Å². The maximum Gasteiger partial charge on any atom is 0.238 e. The molecular formula is C51H32N4O. The summed E-state index contributed by atoms with van der Waals surface area (Å²) in [5.74, 6) is 1.78. The fraction of sp³-hybridized carbons (Fsp3) is 0. The average Bonchev–Trinajstić information content (AvgIpc) is 3.82. The van der Waals surface area contributed by atoms with Crippen molar-refractivity contribution in [3.05, 3.63) is 194 Å². The first-order valence-corrected chi connectivity index (χ1v) is 18.8. The summed E-state index contributed by atoms with van der Waals surface area (Å²) in [6.45, 7) is 0. The zero-order valence-electron chi connectivity index (χ0n) is 30.2. The van der Waals surface area contributed by atoms with Gasteiger partial charge in [0.05, 0.1) is 11.0 Å². The molecule has 0 fully saturated rings. The molecule has 8 aromatic carbocycles. The minimum atomic E-state index is 0.557. The van der Waals surface area contributed by atoms with Crippen molar-refractivity contribution in [2.45, 2.75) is 0 Å². The summed E-state index contributed by atoms with van der Waals surface area (Å²) in [5, 5.41) is 4.41. The summed E-state index contributed by atoms with van der Waals surface area (Å²) in [5.41, 5.74) is 12.4. The molecule has 56 heavy (non-hydrogen) atoms. The number of para-hydroxylation sites is 2. The molecule has 0 amide bonds. The predicted molar refractivity (Wildman–Crippen MR) is 229 cm³/mol. The number of benzene rings is 8. The van der Waals surface area contributed by atoms with Crippen LogP contribution < -0.4 is 0 Å². The van der Waals surface area contributed by atoms with E-state index in [-0.39, 0.29) is 0 Å². The summed E-state index contributed by atoms with van der Waals surface area (Å²) in [4.78, 5) is 15.5. The van der Waals surface area contributed by atoms with Gasteiger partial charge in [0, 0.05) is 38.2 Å². The quantitative estimate of drug-likeness (QED) is 0.172. The van der Waals surface area contributed by atoms with E-state index in [0.717, 1.165) is 82.7 Å². The summed E-state index contributed by atoms with van der Waals surface area (Å²) in [6, 6.07) is 67.5. The van der Waals surface area contributed by atoms with Gasteiger partial charge in [-0.05, 0) is 58.1 Å². The third kappa shape index (κ3) is 5.37. The van der Waals surface area contributed by atoms with Crippen LogP contribution in [0.5, 0.6) is 0 Å². The second kappa shape index (κ2) is 13.0. The highest BCUT2D eigenvalue weighted by Crippen LogP contribution is 2.41. The Morgan fingerprint density at radius 3 is 1.50 bits per heavy atom. The Morgan fingerprint density at radius 2 is 0.821 bits per heavy atom. The Kier molecular flexibility index (Phi) is 7.42. The zero-order valence-corrected chi connectivity index (χ0v) is 30.2. The van der Waals surface area contributed by atoms with E-state index in [1.165, 1.54) is 5.56 Å². The number of furan rings is 1. The second-order valence-electron chi connectivity index (χ2n) is 14.0. The monoisotopic (exact) mass is 716 g/mol. The third-order valence-corrected chi connectivity index (χ3v) is 10.7. The molecule has 262 valence electrons. The van der Waals surface area contributed by atoms with Crippen LogP contribution in [0, 0.1) is 0 Å². The van der Waals surface area contributed by atoms with Gasteiger partial charge in [0.15, 0.2) is 11.6 Å². The van der Waals surface area contributed by atoms with Gasteiger partial charge in [-0.3, -0.25) is 4.57 Å². The molecule has 0 saturated carbocycles. The van der Waals surface area contributed by atoms with Crippen LogP contribution in [-0.2, 0) is 0 Å². The molecule has 0 unspecified atom stereocenters. The molecule has 0 aliphatic heterocycles. The largest absolute Gasteiger partial charge is 0.456 e. The van der Waals surface area contributed by atoms with Crippen LogP contribution in [0.1, 0.15) is 0 Å². The fourth-order valence-corrected chi connectivity index (χ4v) is 7.97. The fourth-order valence-electron chi connectivity index (χ4n) is 7.97. The molecule has 5 heteroatoms. The van der Waals surface area contributed by atoms with Crippen molar-refractivity contribution in [1.29, 1.82) is 0 Å². The molecule has 0 bridgehead atoms. The first-order chi connectivity index (χ1) is 27.7. The summed E-state index contributed by atoms with van der Waals surface area (Å²) >= 11 is 0. The maximum atomic E-state index is 6.37. The van der Waals surface area contributed by atoms with E-state index in [0.29, 0.717) is 17.6 Å². The number of hydrogen-bond donors (Lipinski definition) is 0. The van der Waals surface area contributed by atoms with Gasteiger partial charge in [0.25, 0.3) is 0 Å². The molecule has 3 heterocycles. The molecule has 0 radical (unpaired) electrons. The van der Waals surface area contributed by atoms with Crippen LogP contribution in [0.15, 0.2) is 199 Å². The second-order valence-corrected chi connectivity index (χ2v) is 14.0. The smallest absolute Gasteiger partial charge is 0.238 e. The van der Waals surface area contributed by atoms with Crippen LogP contribution in [0.25, 0.3) is 106 Å². The lowest BCUT2D eigenvalue weighted by molar-refractivity contribution is 0.669. The van der Waals surface area contributed by atoms with Gasteiger partial charge in [-0.2, -0.15) is 9.97 Å². The summed E-state index contributed by atoms with van der Waals surface area (Å²) < 4.78 is 8.58. The van der Waals surface area contributed by atoms with E-state index in [4.69, 9.17) is 19.4 Å². The Morgan fingerprint density at radius 1 is 0.339 bits per heavy atom. The standard InChI is InChI=1S/C51H32N4O/c1-4-13-33(14-5-1)35-23-25-37(26-24-35)50-52-49(36-17-8-3-9-18-36)53-51(54-50)55-45-22-11-10-19-41(45)42-21-12-20-40(48(42)55)39-28-30-47-44(32-39)43-31-38(27-29-46(43)56-47)34-15-6-2-7-16-34/h1-32H. The Balaban J connectivity index is 1.13. The lowest BCUT2D eigenvalue weighted by atomic mass is 9.99. The van der Waals surface area contributed by atoms with Crippen molar-refractivity contribution in [3.8, 4) is 62.1 Å². The molecule has 0 aliphatic rings. The van der Waals surface area contributed by atoms with Crippen molar-refractivity contribution in [2.75, 3.05) is 0 Å². The van der Waals surface area contributed by atoms with Gasteiger partial charge in [0.1, 0.15) is 11.2 Å². The highest BCUT2D eigenvalue weighted by molar-refractivity contribution is 6.15. The zero-order chi connectivity index (χ0) is 37.0. The molecule has 0 atom stereocenters. The number of nitrogens with zero attached hydrogens (tertiary/aromatic N) is 4. The Hall–Kier alpha value is -7.63. The lowest BCUT2D eigenvalue weighted by Crippen LogP contribution is -2.07. The van der Waals surface area contributed by atoms with Crippen molar-refractivity contribution in [2.24, 2.45) is 0 Å². The van der Waals surface area contributed by atoms with Crippen LogP contribution in [0.2, 0.25) is 0 Å². The van der Waals surface area contributed by atoms with Gasteiger partial charge in [-0.15, -0.1) is 0 Å². The molecular weight excluding hydrogens is 685 g/mol. The average molecular weight is 717 g/mol. The van der Waals surface area contributed by atoms with Crippen molar-refractivity contribution < 1.29 is 4.42 Å². The topological polar surface area (TPSA) is 56.7 Å². The lowest BCUT2D eigenvalue weighted by Gasteiger charge is -2.13. The summed E-state index contributed by atoms with van der Waals surface area (Å²) in [6.07, 6.45) is 0. The highest BCUT2D eigenvalue weighted by atomic mass is 16.3. The highest BCUT2D eigenvalue weighted by Gasteiger charge is 2.21. The molecule has 11 aromatic rings. The Labute approximate surface area is 322 Å². The molecule has 11 rings (SSSR count). The van der Waals surface area contributed by atoms with E-state index in [1.54, 1.807) is 0 Å². The van der Waals surface area contributed by atoms with E-state index < -0.39 is 0 Å². The minimum Gasteiger partial charge on any atom is -0.456 e. The van der Waals surface area contributed by atoms with E-state index in [9.17, 15) is 0 Å². The molecule has 0 aliphatic carbocycles. The van der Waals surface area contributed by atoms with Gasteiger partial charge in [-0.1, -0.05) is 164 Å².